The van der Waals surface area contributed by atoms with Gasteiger partial charge in [-0.3, -0.25) is 0 Å². The Balaban J connectivity index is 0.000000243. The molecular weight excluding hydrogens is 789 g/mol. The molecule has 2 aromatic heterocycles. The van der Waals surface area contributed by atoms with Crippen LogP contribution in [0.5, 0.6) is 0 Å². The molecule has 1 unspecified atom stereocenters. The van der Waals surface area contributed by atoms with Gasteiger partial charge in [0.15, 0.2) is 0 Å². The van der Waals surface area contributed by atoms with Gasteiger partial charge >= 0.3 is 0 Å². The summed E-state index contributed by atoms with van der Waals surface area (Å²) < 4.78 is 48.9. The summed E-state index contributed by atoms with van der Waals surface area (Å²) in [6.45, 7) is 13.1. The Morgan fingerprint density at radius 1 is 0.796 bits per heavy atom. The number of nitrogens with zero attached hydrogens (tertiary/aromatic N) is 2. The molecule has 2 nitrogen and oxygen atoms in total. The minimum atomic E-state index is -2.15. The van der Waals surface area contributed by atoms with Crippen LogP contribution in [0.2, 0.25) is 19.6 Å². The van der Waals surface area contributed by atoms with Crippen molar-refractivity contribution in [1.82, 2.24) is 9.97 Å². The van der Waals surface area contributed by atoms with Gasteiger partial charge in [-0.25, -0.2) is 0 Å². The second-order valence-corrected chi connectivity index (χ2v) is 19.0. The molecule has 0 aliphatic carbocycles. The molecule has 6 aromatic rings. The van der Waals surface area contributed by atoms with Crippen LogP contribution >= 0.6 is 0 Å². The molecule has 6 rings (SSSR count). The number of hydrogen-bond donors (Lipinski definition) is 0. The van der Waals surface area contributed by atoms with Crippen LogP contribution in [0.25, 0.3) is 22.5 Å². The van der Waals surface area contributed by atoms with E-state index in [2.05, 4.69) is 74.6 Å². The van der Waals surface area contributed by atoms with Crippen LogP contribution in [0.3, 0.4) is 0 Å². The van der Waals surface area contributed by atoms with Gasteiger partial charge in [0, 0.05) is 46.6 Å². The average Bonchev–Trinajstić information content (AvgIpc) is 3.14. The van der Waals surface area contributed by atoms with Crippen molar-refractivity contribution in [2.24, 2.45) is 0 Å². The van der Waals surface area contributed by atoms with Gasteiger partial charge in [0.25, 0.3) is 0 Å². The molecule has 1 atom stereocenters. The van der Waals surface area contributed by atoms with Crippen molar-refractivity contribution in [2.45, 2.75) is 71.9 Å². The summed E-state index contributed by atoms with van der Waals surface area (Å²) in [6, 6.07) is 41.8. The van der Waals surface area contributed by atoms with Crippen LogP contribution in [0.15, 0.2) is 128 Å². The molecule has 0 fully saturated rings. The Kier molecular flexibility index (Phi) is 10.2. The molecule has 0 spiro atoms. The van der Waals surface area contributed by atoms with Crippen LogP contribution in [-0.4, -0.2) is 18.0 Å². The number of aryl methyl sites for hydroxylation is 1. The molecular formula is C45H48IrN2Si-2. The zero-order valence-electron chi connectivity index (χ0n) is 35.4. The van der Waals surface area contributed by atoms with Gasteiger partial charge in [-0.2, -0.15) is 0 Å². The van der Waals surface area contributed by atoms with Gasteiger partial charge in [-0.05, 0) is 56.7 Å². The molecule has 4 aromatic carbocycles. The van der Waals surface area contributed by atoms with E-state index in [1.165, 1.54) is 11.6 Å². The number of benzene rings is 4. The third-order valence-electron chi connectivity index (χ3n) is 8.18. The third kappa shape index (κ3) is 10.3. The largest absolute Gasteiger partial charge is 0.305 e. The quantitative estimate of drug-likeness (QED) is 0.118. The monoisotopic (exact) mass is 843 g/mol. The third-order valence-corrected chi connectivity index (χ3v) is 10.2. The van der Waals surface area contributed by atoms with Crippen LogP contribution in [0, 0.1) is 19.0 Å². The molecule has 0 saturated heterocycles. The second-order valence-electron chi connectivity index (χ2n) is 14.0. The number of hydrogen-bond acceptors (Lipinski definition) is 2. The fraction of sp³-hybridized carbons (Fsp3) is 0.244. The van der Waals surface area contributed by atoms with Crippen LogP contribution < -0.4 is 5.19 Å². The van der Waals surface area contributed by atoms with E-state index < -0.39 is 27.2 Å². The molecule has 253 valence electrons. The van der Waals surface area contributed by atoms with Crippen molar-refractivity contribution in [3.05, 3.63) is 173 Å². The predicted molar refractivity (Wildman–Crippen MR) is 207 cm³/mol. The fourth-order valence-electron chi connectivity index (χ4n) is 5.36. The van der Waals surface area contributed by atoms with E-state index in [4.69, 9.17) is 6.85 Å². The van der Waals surface area contributed by atoms with Crippen molar-refractivity contribution in [3.8, 4) is 22.5 Å². The van der Waals surface area contributed by atoms with Crippen LogP contribution in [0.4, 0.5) is 0 Å². The summed E-state index contributed by atoms with van der Waals surface area (Å²) in [6.07, 6.45) is 2.00. The van der Waals surface area contributed by atoms with E-state index in [1.54, 1.807) is 24.4 Å². The van der Waals surface area contributed by atoms with Crippen LogP contribution in [0.1, 0.15) is 75.2 Å². The SMILES string of the molecule is [2H]C([2H])([2H])c1c[c-]c(-c2cc(C([2H])(C)c3ccccc3)c([Si](C)(C)C)cn2)cc1.[2H]C([2H])(c1ccccc1)c1ccnc(-c2[c-]ccc(C(C)(C)C)c2)c1.[Ir]. The molecule has 2 heterocycles. The summed E-state index contributed by atoms with van der Waals surface area (Å²) in [7, 11) is -1.75. The van der Waals surface area contributed by atoms with Crippen molar-refractivity contribution in [3.63, 3.8) is 0 Å². The minimum absolute atomic E-state index is 0. The van der Waals surface area contributed by atoms with Gasteiger partial charge in [-0.1, -0.05) is 127 Å². The van der Waals surface area contributed by atoms with Crippen molar-refractivity contribution < 1.29 is 28.3 Å². The Labute approximate surface area is 317 Å². The maximum Gasteiger partial charge on any atom is 0.0799 e. The zero-order chi connectivity index (χ0) is 39.5. The van der Waals surface area contributed by atoms with E-state index in [9.17, 15) is 1.37 Å². The summed E-state index contributed by atoms with van der Waals surface area (Å²) >= 11 is 0. The molecule has 0 aliphatic heterocycles. The fourth-order valence-corrected chi connectivity index (χ4v) is 6.88. The second kappa shape index (κ2) is 16.6. The Hall–Kier alpha value is -3.95. The smallest absolute Gasteiger partial charge is 0.0799 e. The standard InChI is InChI=1S/C23H26NSi.C22H22N.Ir/c1-17-11-13-20(14-12-17)22-15-21(23(16-24-22)25(3,4)5)18(2)19-9-7-6-8-10-19;1-22(2,3)20-11-7-10-19(16-20)21-15-18(12-13-23-21)14-17-8-5-4-6-9-17;/h6-13,15-16,18H,1-5H3;4-9,11-13,15-16H,14H2,1-3H3;/q2*-1;/i1D3,18D;14D2;. The summed E-state index contributed by atoms with van der Waals surface area (Å²) in [5, 5.41) is 1.15. The van der Waals surface area contributed by atoms with Gasteiger partial charge in [0.05, 0.1) is 8.07 Å². The molecule has 4 heteroatoms. The first-order valence-electron chi connectivity index (χ1n) is 19.3. The zero-order valence-corrected chi connectivity index (χ0v) is 32.7. The molecule has 0 N–H and O–H groups in total. The molecule has 1 radical (unpaired) electrons. The predicted octanol–water partition coefficient (Wildman–Crippen LogP) is 11.0. The average molecular weight is 843 g/mol. The summed E-state index contributed by atoms with van der Waals surface area (Å²) in [5.74, 6) is -0.923. The van der Waals surface area contributed by atoms with Crippen LogP contribution in [-0.2, 0) is 31.9 Å². The van der Waals surface area contributed by atoms with Gasteiger partial charge in [0.2, 0.25) is 0 Å². The molecule has 0 aliphatic rings. The molecule has 0 saturated carbocycles. The first-order chi connectivity index (χ1) is 25.2. The van der Waals surface area contributed by atoms with E-state index in [0.29, 0.717) is 16.8 Å². The van der Waals surface area contributed by atoms with E-state index >= 15 is 0 Å². The first-order valence-corrected chi connectivity index (χ1v) is 19.8. The number of aromatic nitrogens is 2. The van der Waals surface area contributed by atoms with E-state index in [0.717, 1.165) is 33.1 Å². The van der Waals surface area contributed by atoms with Crippen molar-refractivity contribution >= 4 is 13.3 Å². The maximum absolute atomic E-state index is 9.21. The van der Waals surface area contributed by atoms with E-state index in [-0.39, 0.29) is 31.1 Å². The Morgan fingerprint density at radius 2 is 1.49 bits per heavy atom. The van der Waals surface area contributed by atoms with Crippen molar-refractivity contribution in [2.75, 3.05) is 0 Å². The van der Waals surface area contributed by atoms with Gasteiger partial charge < -0.3 is 9.97 Å². The number of rotatable bonds is 7. The normalized spacial score (nSPS) is 14.9. The molecule has 0 amide bonds. The summed E-state index contributed by atoms with van der Waals surface area (Å²) in [5.41, 5.74) is 7.67. The van der Waals surface area contributed by atoms with Gasteiger partial charge in [0.1, 0.15) is 0 Å². The van der Waals surface area contributed by atoms with Crippen molar-refractivity contribution in [1.29, 1.82) is 0 Å². The maximum atomic E-state index is 9.21. The Bertz CT molecular complexity index is 2180. The number of pyridine rings is 2. The topological polar surface area (TPSA) is 25.8 Å². The first kappa shape index (κ1) is 29.9. The molecule has 49 heavy (non-hydrogen) atoms. The Morgan fingerprint density at radius 3 is 2.12 bits per heavy atom. The molecule has 0 bridgehead atoms. The van der Waals surface area contributed by atoms with E-state index in [1.807, 2.05) is 92.0 Å². The van der Waals surface area contributed by atoms with Gasteiger partial charge in [-0.15, -0.1) is 70.8 Å². The minimum Gasteiger partial charge on any atom is -0.305 e. The summed E-state index contributed by atoms with van der Waals surface area (Å²) in [4.78, 5) is 9.10.